The highest BCUT2D eigenvalue weighted by Gasteiger charge is 2.11. The van der Waals surface area contributed by atoms with Gasteiger partial charge in [0.15, 0.2) is 0 Å². The second kappa shape index (κ2) is 7.92. The number of hydrogen-bond donors (Lipinski definition) is 1. The predicted molar refractivity (Wildman–Crippen MR) is 107 cm³/mol. The van der Waals surface area contributed by atoms with E-state index in [9.17, 15) is 4.79 Å². The van der Waals surface area contributed by atoms with Crippen LogP contribution >= 0.6 is 0 Å². The Kier molecular flexibility index (Phi) is 5.01. The van der Waals surface area contributed by atoms with Crippen LogP contribution in [0.4, 0.5) is 0 Å². The van der Waals surface area contributed by atoms with Crippen molar-refractivity contribution in [2.24, 2.45) is 0 Å². The van der Waals surface area contributed by atoms with E-state index in [4.69, 9.17) is 4.74 Å². The van der Waals surface area contributed by atoms with Gasteiger partial charge < -0.3 is 14.5 Å². The van der Waals surface area contributed by atoms with Crippen LogP contribution in [0, 0.1) is 0 Å². The van der Waals surface area contributed by atoms with Crippen molar-refractivity contribution in [1.29, 1.82) is 0 Å². The summed E-state index contributed by atoms with van der Waals surface area (Å²) in [6.07, 6.45) is 6.88. The summed E-state index contributed by atoms with van der Waals surface area (Å²) >= 11 is 0. The number of nitrogens with one attached hydrogen (secondary N) is 1. The third-order valence-corrected chi connectivity index (χ3v) is 4.30. The van der Waals surface area contributed by atoms with Crippen LogP contribution in [0.1, 0.15) is 17.3 Å². The molecule has 0 saturated heterocycles. The normalized spacial score (nSPS) is 11.9. The molecule has 0 radical (unpaired) electrons. The van der Waals surface area contributed by atoms with Crippen molar-refractivity contribution in [2.45, 2.75) is 13.0 Å². The standard InChI is InChI=1S/C22H20N4O2/c1-16(28-19-8-5-11-23-13-19)12-24-22(27)18-9-10-21-25-20(15-26(21)14-18)17-6-3-2-4-7-17/h2-11,13-16H,12H2,1H3,(H,24,27)/t16-/m1/s1. The number of benzene rings is 1. The lowest BCUT2D eigenvalue weighted by molar-refractivity contribution is 0.0931. The van der Waals surface area contributed by atoms with E-state index in [0.29, 0.717) is 17.9 Å². The quantitative estimate of drug-likeness (QED) is 0.562. The van der Waals surface area contributed by atoms with Gasteiger partial charge >= 0.3 is 0 Å². The first-order valence-electron chi connectivity index (χ1n) is 9.08. The molecule has 4 rings (SSSR count). The van der Waals surface area contributed by atoms with Gasteiger partial charge in [0.05, 0.1) is 24.0 Å². The fourth-order valence-corrected chi connectivity index (χ4v) is 2.90. The first-order chi connectivity index (χ1) is 13.7. The van der Waals surface area contributed by atoms with Crippen molar-refractivity contribution < 1.29 is 9.53 Å². The number of ether oxygens (including phenoxy) is 1. The number of amides is 1. The SMILES string of the molecule is C[C@H](CNC(=O)c1ccc2nc(-c3ccccc3)cn2c1)Oc1cccnc1. The summed E-state index contributed by atoms with van der Waals surface area (Å²) in [5.74, 6) is 0.524. The van der Waals surface area contributed by atoms with E-state index in [-0.39, 0.29) is 12.0 Å². The van der Waals surface area contributed by atoms with E-state index < -0.39 is 0 Å². The van der Waals surface area contributed by atoms with Gasteiger partial charge in [-0.05, 0) is 31.2 Å². The Morgan fingerprint density at radius 2 is 1.96 bits per heavy atom. The molecule has 0 spiro atoms. The van der Waals surface area contributed by atoms with Gasteiger partial charge in [-0.15, -0.1) is 0 Å². The molecule has 3 heterocycles. The number of carbonyl (C=O) groups excluding carboxylic acids is 1. The van der Waals surface area contributed by atoms with Gasteiger partial charge in [0.2, 0.25) is 0 Å². The van der Waals surface area contributed by atoms with Crippen LogP contribution in [0.5, 0.6) is 5.75 Å². The molecular weight excluding hydrogens is 352 g/mol. The second-order valence-corrected chi connectivity index (χ2v) is 6.50. The number of aromatic nitrogens is 3. The molecule has 28 heavy (non-hydrogen) atoms. The number of rotatable bonds is 6. The number of hydrogen-bond acceptors (Lipinski definition) is 4. The van der Waals surface area contributed by atoms with E-state index in [0.717, 1.165) is 16.9 Å². The van der Waals surface area contributed by atoms with Crippen LogP contribution < -0.4 is 10.1 Å². The molecule has 0 aliphatic carbocycles. The highest BCUT2D eigenvalue weighted by molar-refractivity contribution is 5.94. The molecule has 140 valence electrons. The molecule has 6 nitrogen and oxygen atoms in total. The third-order valence-electron chi connectivity index (χ3n) is 4.30. The lowest BCUT2D eigenvalue weighted by Gasteiger charge is -2.15. The van der Waals surface area contributed by atoms with Gasteiger partial charge in [0, 0.05) is 24.2 Å². The zero-order chi connectivity index (χ0) is 19.3. The van der Waals surface area contributed by atoms with Crippen LogP contribution in [0.2, 0.25) is 0 Å². The molecule has 0 aliphatic heterocycles. The molecule has 0 bridgehead atoms. The summed E-state index contributed by atoms with van der Waals surface area (Å²) in [5, 5.41) is 2.90. The zero-order valence-corrected chi connectivity index (χ0v) is 15.4. The van der Waals surface area contributed by atoms with Gasteiger partial charge in [-0.1, -0.05) is 30.3 Å². The first kappa shape index (κ1) is 17.7. The summed E-state index contributed by atoms with van der Waals surface area (Å²) in [4.78, 5) is 21.1. The van der Waals surface area contributed by atoms with Crippen molar-refractivity contribution >= 4 is 11.6 Å². The fraction of sp³-hybridized carbons (Fsp3) is 0.136. The van der Waals surface area contributed by atoms with E-state index in [1.54, 1.807) is 24.7 Å². The average Bonchev–Trinajstić information content (AvgIpc) is 3.17. The summed E-state index contributed by atoms with van der Waals surface area (Å²) in [7, 11) is 0. The summed E-state index contributed by atoms with van der Waals surface area (Å²) in [6, 6.07) is 17.2. The minimum atomic E-state index is -0.171. The number of nitrogens with zero attached hydrogens (tertiary/aromatic N) is 3. The molecule has 4 aromatic rings. The number of imidazole rings is 1. The molecule has 1 N–H and O–H groups in total. The smallest absolute Gasteiger partial charge is 0.252 e. The van der Waals surface area contributed by atoms with E-state index in [2.05, 4.69) is 15.3 Å². The Balaban J connectivity index is 1.42. The minimum Gasteiger partial charge on any atom is -0.487 e. The predicted octanol–water partition coefficient (Wildman–Crippen LogP) is 3.59. The Morgan fingerprint density at radius 1 is 1.11 bits per heavy atom. The van der Waals surface area contributed by atoms with Gasteiger partial charge in [-0.25, -0.2) is 4.98 Å². The summed E-state index contributed by atoms with van der Waals surface area (Å²) in [5.41, 5.74) is 3.27. The van der Waals surface area contributed by atoms with Gasteiger partial charge in [-0.2, -0.15) is 0 Å². The molecule has 1 atom stereocenters. The number of pyridine rings is 2. The van der Waals surface area contributed by atoms with E-state index in [1.807, 2.05) is 66.1 Å². The zero-order valence-electron chi connectivity index (χ0n) is 15.4. The Hall–Kier alpha value is -3.67. The highest BCUT2D eigenvalue weighted by atomic mass is 16.5. The summed E-state index contributed by atoms with van der Waals surface area (Å²) in [6.45, 7) is 2.30. The largest absolute Gasteiger partial charge is 0.487 e. The highest BCUT2D eigenvalue weighted by Crippen LogP contribution is 2.19. The van der Waals surface area contributed by atoms with Crippen molar-refractivity contribution in [1.82, 2.24) is 19.7 Å². The molecule has 1 aromatic carbocycles. The van der Waals surface area contributed by atoms with Gasteiger partial charge in [-0.3, -0.25) is 9.78 Å². The second-order valence-electron chi connectivity index (χ2n) is 6.50. The monoisotopic (exact) mass is 372 g/mol. The fourth-order valence-electron chi connectivity index (χ4n) is 2.90. The minimum absolute atomic E-state index is 0.154. The maximum Gasteiger partial charge on any atom is 0.252 e. The number of carbonyl (C=O) groups is 1. The van der Waals surface area contributed by atoms with Crippen LogP contribution in [0.3, 0.4) is 0 Å². The Labute approximate surface area is 162 Å². The topological polar surface area (TPSA) is 68.5 Å². The van der Waals surface area contributed by atoms with Gasteiger partial charge in [0.25, 0.3) is 5.91 Å². The van der Waals surface area contributed by atoms with Crippen LogP contribution in [0.15, 0.2) is 79.4 Å². The van der Waals surface area contributed by atoms with Crippen molar-refractivity contribution in [2.75, 3.05) is 6.54 Å². The molecule has 0 unspecified atom stereocenters. The van der Waals surface area contributed by atoms with Crippen LogP contribution in [0.25, 0.3) is 16.9 Å². The maximum absolute atomic E-state index is 12.5. The van der Waals surface area contributed by atoms with Crippen molar-refractivity contribution in [3.63, 3.8) is 0 Å². The summed E-state index contributed by atoms with van der Waals surface area (Å²) < 4.78 is 7.60. The Morgan fingerprint density at radius 3 is 2.75 bits per heavy atom. The lowest BCUT2D eigenvalue weighted by atomic mass is 10.2. The van der Waals surface area contributed by atoms with E-state index >= 15 is 0 Å². The molecule has 3 aromatic heterocycles. The molecule has 0 saturated carbocycles. The van der Waals surface area contributed by atoms with Gasteiger partial charge in [0.1, 0.15) is 17.5 Å². The van der Waals surface area contributed by atoms with Crippen molar-refractivity contribution in [3.8, 4) is 17.0 Å². The van der Waals surface area contributed by atoms with Crippen molar-refractivity contribution in [3.05, 3.63) is 84.9 Å². The lowest BCUT2D eigenvalue weighted by Crippen LogP contribution is -2.33. The van der Waals surface area contributed by atoms with Crippen LogP contribution in [-0.2, 0) is 0 Å². The molecule has 1 amide bonds. The molecule has 0 fully saturated rings. The average molecular weight is 372 g/mol. The Bertz CT molecular complexity index is 1080. The maximum atomic E-state index is 12.5. The van der Waals surface area contributed by atoms with E-state index in [1.165, 1.54) is 0 Å². The first-order valence-corrected chi connectivity index (χ1v) is 9.08. The van der Waals surface area contributed by atoms with Crippen LogP contribution in [-0.4, -0.2) is 32.9 Å². The molecule has 0 aliphatic rings. The molecular formula is C22H20N4O2. The number of fused-ring (bicyclic) bond motifs is 1. The molecule has 6 heteroatoms. The third kappa shape index (κ3) is 4.01.